The number of halogens is 3. The third-order valence-electron chi connectivity index (χ3n) is 4.31. The molecule has 0 aromatic heterocycles. The normalized spacial score (nSPS) is 18.2. The average molecular weight is 402 g/mol. The van der Waals surface area contributed by atoms with Crippen molar-refractivity contribution in [2.24, 2.45) is 4.99 Å². The second-order valence-electron chi connectivity index (χ2n) is 6.59. The lowest BCUT2D eigenvalue weighted by molar-refractivity contribution is -0.143. The van der Waals surface area contributed by atoms with Gasteiger partial charge in [-0.2, -0.15) is 13.2 Å². The van der Waals surface area contributed by atoms with Crippen LogP contribution in [0.25, 0.3) is 0 Å². The van der Waals surface area contributed by atoms with Gasteiger partial charge in [0, 0.05) is 25.7 Å². The molecule has 2 rings (SSSR count). The number of benzene rings is 1. The number of nitrogens with one attached hydrogen (secondary N) is 2. The molecule has 2 N–H and O–H groups in total. The fourth-order valence-electron chi connectivity index (χ4n) is 3.12. The lowest BCUT2D eigenvalue weighted by atomic mass is 10.2. The molecule has 1 saturated heterocycles. The average Bonchev–Trinajstić information content (AvgIpc) is 3.06. The zero-order valence-electron chi connectivity index (χ0n) is 16.6. The third kappa shape index (κ3) is 7.10. The van der Waals surface area contributed by atoms with Crippen LogP contribution in [-0.4, -0.2) is 63.0 Å². The topological polar surface area (TPSA) is 58.1 Å². The summed E-state index contributed by atoms with van der Waals surface area (Å²) in [6.45, 7) is 5.38. The van der Waals surface area contributed by atoms with E-state index in [1.807, 2.05) is 32.0 Å². The molecule has 1 aromatic carbocycles. The van der Waals surface area contributed by atoms with Crippen molar-refractivity contribution in [3.63, 3.8) is 0 Å². The number of rotatable bonds is 8. The quantitative estimate of drug-likeness (QED) is 0.517. The molecule has 1 fully saturated rings. The Morgan fingerprint density at radius 3 is 2.71 bits per heavy atom. The molecular formula is C19H29F3N4O2. The standard InChI is InChI=1S/C19H29F3N4O2/c1-4-23-18(25-15-8-9-26(12-15)13-19(20,21)22)24-11-14-6-7-16(28-5-2)17(10-14)27-3/h6-7,10,15H,4-5,8-9,11-13H2,1-3H3,(H2,23,24,25). The van der Waals surface area contributed by atoms with Crippen LogP contribution in [0, 0.1) is 0 Å². The molecule has 1 heterocycles. The summed E-state index contributed by atoms with van der Waals surface area (Å²) in [5.74, 6) is 1.92. The predicted octanol–water partition coefficient (Wildman–Crippen LogP) is 2.79. The molecule has 1 atom stereocenters. The molecule has 28 heavy (non-hydrogen) atoms. The highest BCUT2D eigenvalue weighted by Gasteiger charge is 2.34. The van der Waals surface area contributed by atoms with Crippen LogP contribution in [0.2, 0.25) is 0 Å². The van der Waals surface area contributed by atoms with Crippen LogP contribution in [0.15, 0.2) is 23.2 Å². The number of hydrogen-bond acceptors (Lipinski definition) is 4. The summed E-state index contributed by atoms with van der Waals surface area (Å²) in [4.78, 5) is 5.97. The van der Waals surface area contributed by atoms with Crippen molar-refractivity contribution in [1.29, 1.82) is 0 Å². The van der Waals surface area contributed by atoms with Crippen molar-refractivity contribution in [2.45, 2.75) is 39.0 Å². The van der Waals surface area contributed by atoms with Crippen molar-refractivity contribution in [3.8, 4) is 11.5 Å². The van der Waals surface area contributed by atoms with Crippen molar-refractivity contribution in [3.05, 3.63) is 23.8 Å². The van der Waals surface area contributed by atoms with Crippen LogP contribution in [0.4, 0.5) is 13.2 Å². The highest BCUT2D eigenvalue weighted by molar-refractivity contribution is 5.80. The number of guanidine groups is 1. The maximum Gasteiger partial charge on any atom is 0.401 e. The summed E-state index contributed by atoms with van der Waals surface area (Å²) in [5, 5.41) is 6.38. The molecule has 1 aromatic rings. The van der Waals surface area contributed by atoms with Gasteiger partial charge in [0.15, 0.2) is 17.5 Å². The minimum Gasteiger partial charge on any atom is -0.493 e. The number of ether oxygens (including phenoxy) is 2. The molecule has 1 aliphatic heterocycles. The molecule has 9 heteroatoms. The van der Waals surface area contributed by atoms with Crippen LogP contribution in [0.5, 0.6) is 11.5 Å². The van der Waals surface area contributed by atoms with Crippen LogP contribution in [0.1, 0.15) is 25.8 Å². The van der Waals surface area contributed by atoms with E-state index in [2.05, 4.69) is 15.6 Å². The monoisotopic (exact) mass is 402 g/mol. The zero-order valence-corrected chi connectivity index (χ0v) is 16.6. The van der Waals surface area contributed by atoms with Gasteiger partial charge in [0.25, 0.3) is 0 Å². The molecule has 1 aliphatic rings. The Labute approximate surface area is 164 Å². The van der Waals surface area contributed by atoms with Gasteiger partial charge in [-0.15, -0.1) is 0 Å². The fraction of sp³-hybridized carbons (Fsp3) is 0.632. The minimum atomic E-state index is -4.17. The molecule has 0 amide bonds. The van der Waals surface area contributed by atoms with E-state index in [1.54, 1.807) is 7.11 Å². The Morgan fingerprint density at radius 1 is 1.29 bits per heavy atom. The first kappa shape index (κ1) is 22.1. The highest BCUT2D eigenvalue weighted by Crippen LogP contribution is 2.28. The SMILES string of the molecule is CCNC(=NCc1ccc(OCC)c(OC)c1)NC1CCN(CC(F)(F)F)C1. The molecular weight excluding hydrogens is 373 g/mol. The molecule has 6 nitrogen and oxygen atoms in total. The number of alkyl halides is 3. The Morgan fingerprint density at radius 2 is 2.07 bits per heavy atom. The summed E-state index contributed by atoms with van der Waals surface area (Å²) in [6.07, 6.45) is -3.52. The largest absolute Gasteiger partial charge is 0.493 e. The molecule has 158 valence electrons. The van der Waals surface area contributed by atoms with E-state index in [9.17, 15) is 13.2 Å². The van der Waals surface area contributed by atoms with Crippen molar-refractivity contribution >= 4 is 5.96 Å². The first-order valence-electron chi connectivity index (χ1n) is 9.48. The van der Waals surface area contributed by atoms with Gasteiger partial charge in [-0.3, -0.25) is 4.90 Å². The Balaban J connectivity index is 1.97. The smallest absolute Gasteiger partial charge is 0.401 e. The van der Waals surface area contributed by atoms with Gasteiger partial charge in [-0.05, 0) is 38.0 Å². The van der Waals surface area contributed by atoms with Gasteiger partial charge >= 0.3 is 6.18 Å². The highest BCUT2D eigenvalue weighted by atomic mass is 19.4. The first-order valence-corrected chi connectivity index (χ1v) is 9.48. The number of aliphatic imine (C=N–C) groups is 1. The van der Waals surface area contributed by atoms with Crippen LogP contribution >= 0.6 is 0 Å². The molecule has 1 unspecified atom stereocenters. The Hall–Kier alpha value is -2.16. The molecule has 0 radical (unpaired) electrons. The minimum absolute atomic E-state index is 0.0602. The van der Waals surface area contributed by atoms with Gasteiger partial charge in [0.1, 0.15) is 0 Å². The lowest BCUT2D eigenvalue weighted by Crippen LogP contribution is -2.45. The summed E-state index contributed by atoms with van der Waals surface area (Å²) >= 11 is 0. The molecule has 0 aliphatic carbocycles. The van der Waals surface area contributed by atoms with Gasteiger partial charge in [0.2, 0.25) is 0 Å². The lowest BCUT2D eigenvalue weighted by Gasteiger charge is -2.19. The number of nitrogens with zero attached hydrogens (tertiary/aromatic N) is 2. The molecule has 0 saturated carbocycles. The van der Waals surface area contributed by atoms with E-state index in [4.69, 9.17) is 9.47 Å². The summed E-state index contributed by atoms with van der Waals surface area (Å²) in [6, 6.07) is 5.58. The van der Waals surface area contributed by atoms with Crippen LogP contribution in [0.3, 0.4) is 0 Å². The van der Waals surface area contributed by atoms with E-state index in [-0.39, 0.29) is 6.04 Å². The molecule has 0 spiro atoms. The van der Waals surface area contributed by atoms with Crippen molar-refractivity contribution < 1.29 is 22.6 Å². The number of likely N-dealkylation sites (tertiary alicyclic amines) is 1. The zero-order chi connectivity index (χ0) is 20.6. The second kappa shape index (κ2) is 10.4. The maximum atomic E-state index is 12.5. The number of methoxy groups -OCH3 is 1. The van der Waals surface area contributed by atoms with Gasteiger partial charge < -0.3 is 20.1 Å². The summed E-state index contributed by atoms with van der Waals surface area (Å²) in [5.41, 5.74) is 0.947. The van der Waals surface area contributed by atoms with E-state index < -0.39 is 12.7 Å². The van der Waals surface area contributed by atoms with Crippen LogP contribution in [-0.2, 0) is 6.54 Å². The Bertz CT molecular complexity index is 653. The summed E-state index contributed by atoms with van der Waals surface area (Å²) < 4.78 is 48.5. The summed E-state index contributed by atoms with van der Waals surface area (Å²) in [7, 11) is 1.59. The van der Waals surface area contributed by atoms with Crippen molar-refractivity contribution in [2.75, 3.05) is 39.9 Å². The van der Waals surface area contributed by atoms with E-state index in [1.165, 1.54) is 4.90 Å². The van der Waals surface area contributed by atoms with Crippen molar-refractivity contribution in [1.82, 2.24) is 15.5 Å². The van der Waals surface area contributed by atoms with E-state index in [0.717, 1.165) is 5.56 Å². The van der Waals surface area contributed by atoms with Gasteiger partial charge in [-0.1, -0.05) is 6.07 Å². The number of hydrogen-bond donors (Lipinski definition) is 2. The van der Waals surface area contributed by atoms with E-state index >= 15 is 0 Å². The third-order valence-corrected chi connectivity index (χ3v) is 4.31. The van der Waals surface area contributed by atoms with Gasteiger partial charge in [-0.25, -0.2) is 4.99 Å². The molecule has 0 bridgehead atoms. The second-order valence-corrected chi connectivity index (χ2v) is 6.59. The maximum absolute atomic E-state index is 12.5. The van der Waals surface area contributed by atoms with Crippen LogP contribution < -0.4 is 20.1 Å². The Kier molecular flexibility index (Phi) is 8.22. The van der Waals surface area contributed by atoms with E-state index in [0.29, 0.717) is 56.7 Å². The fourth-order valence-corrected chi connectivity index (χ4v) is 3.12. The van der Waals surface area contributed by atoms with Gasteiger partial charge in [0.05, 0.1) is 26.8 Å². The predicted molar refractivity (Wildman–Crippen MR) is 103 cm³/mol. The first-order chi connectivity index (χ1) is 13.3.